The minimum atomic E-state index is -0.155. The van der Waals surface area contributed by atoms with E-state index >= 15 is 0 Å². The highest BCUT2D eigenvalue weighted by atomic mass is 35.5. The predicted octanol–water partition coefficient (Wildman–Crippen LogP) is 5.48. The molecule has 0 bridgehead atoms. The van der Waals surface area contributed by atoms with Gasteiger partial charge in [0.05, 0.1) is 5.69 Å². The first kappa shape index (κ1) is 18.0. The number of ketones is 1. The number of Topliss-reactive ketones (excluding diaryl/α,β-unsaturated/α-hetero) is 1. The lowest BCUT2D eigenvalue weighted by molar-refractivity contribution is -0.119. The number of amides is 1. The van der Waals surface area contributed by atoms with Crippen LogP contribution in [-0.4, -0.2) is 11.7 Å². The molecule has 1 aliphatic carbocycles. The van der Waals surface area contributed by atoms with E-state index in [9.17, 15) is 9.59 Å². The van der Waals surface area contributed by atoms with Gasteiger partial charge in [0.15, 0.2) is 5.78 Å². The maximum absolute atomic E-state index is 13.3. The second-order valence-electron chi connectivity index (χ2n) is 7.41. The van der Waals surface area contributed by atoms with Crippen molar-refractivity contribution < 1.29 is 9.59 Å². The lowest BCUT2D eigenvalue weighted by Gasteiger charge is -2.39. The fourth-order valence-corrected chi connectivity index (χ4v) is 4.51. The molecular formula is C23H22ClNO2. The number of carbonyl (C=O) groups excluding carboxylic acids is 2. The molecule has 1 amide bonds. The van der Waals surface area contributed by atoms with Gasteiger partial charge < -0.3 is 0 Å². The average molecular weight is 380 g/mol. The molecule has 3 nitrogen and oxygen atoms in total. The Morgan fingerprint density at radius 1 is 1.00 bits per heavy atom. The number of allylic oxidation sites excluding steroid dienone is 2. The molecule has 1 heterocycles. The molecule has 0 saturated heterocycles. The molecule has 2 aromatic carbocycles. The van der Waals surface area contributed by atoms with Gasteiger partial charge in [-0.05, 0) is 55.5 Å². The van der Waals surface area contributed by atoms with Gasteiger partial charge in [-0.2, -0.15) is 0 Å². The van der Waals surface area contributed by atoms with Gasteiger partial charge in [-0.25, -0.2) is 0 Å². The van der Waals surface area contributed by atoms with Crippen molar-refractivity contribution >= 4 is 29.0 Å². The maximum Gasteiger partial charge on any atom is 0.232 e. The number of hydrogen-bond acceptors (Lipinski definition) is 2. The molecule has 0 N–H and O–H groups in total. The zero-order valence-corrected chi connectivity index (χ0v) is 16.3. The van der Waals surface area contributed by atoms with Gasteiger partial charge >= 0.3 is 0 Å². The first-order valence-corrected chi connectivity index (χ1v) is 9.76. The molecule has 27 heavy (non-hydrogen) atoms. The fourth-order valence-electron chi connectivity index (χ4n) is 4.34. The van der Waals surface area contributed by atoms with E-state index < -0.39 is 0 Å². The highest BCUT2D eigenvalue weighted by Crippen LogP contribution is 2.44. The SMILES string of the molecule is Cc1ccccc1C1CC(=O)N(c2cc(Cl)ccc2C)C2=C1C(=O)CCC2. The van der Waals surface area contributed by atoms with Crippen LogP contribution in [0, 0.1) is 13.8 Å². The summed E-state index contributed by atoms with van der Waals surface area (Å²) in [5.74, 6) is 0.0426. The predicted molar refractivity (Wildman–Crippen MR) is 108 cm³/mol. The maximum atomic E-state index is 13.3. The number of halogens is 1. The first-order chi connectivity index (χ1) is 13.0. The minimum Gasteiger partial charge on any atom is -0.294 e. The van der Waals surface area contributed by atoms with Crippen molar-refractivity contribution in [2.75, 3.05) is 4.90 Å². The van der Waals surface area contributed by atoms with E-state index in [2.05, 4.69) is 0 Å². The molecule has 4 rings (SSSR count). The van der Waals surface area contributed by atoms with Gasteiger partial charge in [0.25, 0.3) is 0 Å². The molecule has 2 aromatic rings. The smallest absolute Gasteiger partial charge is 0.232 e. The topological polar surface area (TPSA) is 37.4 Å². The van der Waals surface area contributed by atoms with Gasteiger partial charge in [0.1, 0.15) is 0 Å². The Morgan fingerprint density at radius 2 is 1.78 bits per heavy atom. The molecule has 2 aliphatic rings. The normalized spacial score (nSPS) is 20.1. The first-order valence-electron chi connectivity index (χ1n) is 9.38. The van der Waals surface area contributed by atoms with Crippen molar-refractivity contribution in [2.24, 2.45) is 0 Å². The zero-order chi connectivity index (χ0) is 19.1. The van der Waals surface area contributed by atoms with Crippen molar-refractivity contribution in [2.45, 2.75) is 45.4 Å². The summed E-state index contributed by atoms with van der Waals surface area (Å²) in [7, 11) is 0. The summed E-state index contributed by atoms with van der Waals surface area (Å²) in [6, 6.07) is 13.6. The minimum absolute atomic E-state index is 0.0297. The van der Waals surface area contributed by atoms with Crippen LogP contribution >= 0.6 is 11.6 Å². The Hall–Kier alpha value is -2.39. The van der Waals surface area contributed by atoms with Gasteiger partial charge in [-0.15, -0.1) is 0 Å². The van der Waals surface area contributed by atoms with Crippen LogP contribution in [0.1, 0.15) is 48.3 Å². The third-order valence-electron chi connectivity index (χ3n) is 5.65. The van der Waals surface area contributed by atoms with Crippen molar-refractivity contribution in [3.63, 3.8) is 0 Å². The highest BCUT2D eigenvalue weighted by Gasteiger charge is 2.40. The monoisotopic (exact) mass is 379 g/mol. The average Bonchev–Trinajstić information content (AvgIpc) is 2.64. The number of aryl methyl sites for hydroxylation is 2. The Balaban J connectivity index is 1.91. The Morgan fingerprint density at radius 3 is 2.56 bits per heavy atom. The van der Waals surface area contributed by atoms with Crippen molar-refractivity contribution in [3.05, 3.63) is 75.4 Å². The summed E-state index contributed by atoms with van der Waals surface area (Å²) in [6.07, 6.45) is 2.38. The third kappa shape index (κ3) is 3.10. The Bertz CT molecular complexity index is 976. The highest BCUT2D eigenvalue weighted by molar-refractivity contribution is 6.31. The molecule has 0 spiro atoms. The molecule has 0 fully saturated rings. The third-order valence-corrected chi connectivity index (χ3v) is 5.89. The van der Waals surface area contributed by atoms with Crippen molar-refractivity contribution in [3.8, 4) is 0 Å². The fraction of sp³-hybridized carbons (Fsp3) is 0.304. The molecule has 1 aliphatic heterocycles. The summed E-state index contributed by atoms with van der Waals surface area (Å²) in [5, 5.41) is 0.591. The molecule has 138 valence electrons. The van der Waals surface area contributed by atoms with Crippen LogP contribution in [0.15, 0.2) is 53.7 Å². The molecule has 4 heteroatoms. The van der Waals surface area contributed by atoms with Crippen molar-refractivity contribution in [1.82, 2.24) is 0 Å². The molecule has 1 unspecified atom stereocenters. The lowest BCUT2D eigenvalue weighted by Crippen LogP contribution is -2.41. The standard InChI is InChI=1S/C23H22ClNO2/c1-14-6-3-4-7-17(14)18-13-22(27)25(19-8-5-9-21(26)23(18)19)20-12-16(24)11-10-15(20)2/h3-4,6-7,10-12,18H,5,8-9,13H2,1-2H3. The van der Waals surface area contributed by atoms with Crippen LogP contribution in [0.5, 0.6) is 0 Å². The summed E-state index contributed by atoms with van der Waals surface area (Å²) in [4.78, 5) is 27.9. The zero-order valence-electron chi connectivity index (χ0n) is 15.6. The van der Waals surface area contributed by atoms with E-state index in [0.29, 0.717) is 17.9 Å². The largest absolute Gasteiger partial charge is 0.294 e. The van der Waals surface area contributed by atoms with Gasteiger partial charge in [0, 0.05) is 35.1 Å². The Kier molecular flexibility index (Phi) is 4.65. The quantitative estimate of drug-likeness (QED) is 0.692. The summed E-state index contributed by atoms with van der Waals surface area (Å²) < 4.78 is 0. The number of rotatable bonds is 2. The summed E-state index contributed by atoms with van der Waals surface area (Å²) in [5.41, 5.74) is 5.64. The molecular weight excluding hydrogens is 358 g/mol. The van der Waals surface area contributed by atoms with E-state index in [0.717, 1.165) is 46.5 Å². The van der Waals surface area contributed by atoms with Crippen LogP contribution < -0.4 is 4.90 Å². The van der Waals surface area contributed by atoms with Crippen LogP contribution in [0.4, 0.5) is 5.69 Å². The van der Waals surface area contributed by atoms with Crippen LogP contribution in [0.25, 0.3) is 0 Å². The van der Waals surface area contributed by atoms with Crippen LogP contribution in [0.2, 0.25) is 5.02 Å². The van der Waals surface area contributed by atoms with Gasteiger partial charge in [0.2, 0.25) is 5.91 Å². The number of anilines is 1. The second kappa shape index (κ2) is 6.97. The van der Waals surface area contributed by atoms with E-state index in [-0.39, 0.29) is 17.6 Å². The van der Waals surface area contributed by atoms with Gasteiger partial charge in [-0.3, -0.25) is 14.5 Å². The van der Waals surface area contributed by atoms with E-state index in [4.69, 9.17) is 11.6 Å². The number of carbonyl (C=O) groups is 2. The molecule has 0 aromatic heterocycles. The Labute approximate surface area is 164 Å². The second-order valence-corrected chi connectivity index (χ2v) is 7.85. The molecule has 0 saturated carbocycles. The number of hydrogen-bond donors (Lipinski definition) is 0. The number of nitrogens with zero attached hydrogens (tertiary/aromatic N) is 1. The van der Waals surface area contributed by atoms with E-state index in [1.165, 1.54) is 0 Å². The summed E-state index contributed by atoms with van der Waals surface area (Å²) in [6.45, 7) is 4.01. The molecule has 1 atom stereocenters. The molecule has 0 radical (unpaired) electrons. The van der Waals surface area contributed by atoms with Crippen LogP contribution in [-0.2, 0) is 9.59 Å². The number of benzene rings is 2. The van der Waals surface area contributed by atoms with Gasteiger partial charge in [-0.1, -0.05) is 41.9 Å². The summed E-state index contributed by atoms with van der Waals surface area (Å²) >= 11 is 6.21. The lowest BCUT2D eigenvalue weighted by atomic mass is 9.76. The van der Waals surface area contributed by atoms with E-state index in [1.807, 2.05) is 56.3 Å². The van der Waals surface area contributed by atoms with Crippen LogP contribution in [0.3, 0.4) is 0 Å². The van der Waals surface area contributed by atoms with Crippen molar-refractivity contribution in [1.29, 1.82) is 0 Å². The van der Waals surface area contributed by atoms with E-state index in [1.54, 1.807) is 4.90 Å².